The van der Waals surface area contributed by atoms with Gasteiger partial charge in [-0.15, -0.1) is 5.10 Å². The first-order chi connectivity index (χ1) is 6.30. The van der Waals surface area contributed by atoms with Crippen molar-refractivity contribution in [2.75, 3.05) is 5.73 Å². The predicted molar refractivity (Wildman–Crippen MR) is 58.4 cm³/mol. The second-order valence-electron chi connectivity index (χ2n) is 5.10. The Morgan fingerprint density at radius 3 is 2.14 bits per heavy atom. The van der Waals surface area contributed by atoms with Crippen LogP contribution in [-0.4, -0.2) is 14.8 Å². The maximum atomic E-state index is 5.78. The van der Waals surface area contributed by atoms with Gasteiger partial charge in [-0.05, 0) is 23.0 Å². The van der Waals surface area contributed by atoms with E-state index in [0.29, 0.717) is 16.8 Å². The largest absolute Gasteiger partial charge is 0.368 e. The molecule has 1 aliphatic carbocycles. The quantitative estimate of drug-likeness (QED) is 0.701. The van der Waals surface area contributed by atoms with Crippen LogP contribution in [0.15, 0.2) is 0 Å². The standard InChI is InChI=1S/C9H16N4S/c1-8(2)5(9(8,3)4)13-6(10)11-12-7(13)14/h5H,1-4H3,(H2,10,11)(H,12,14). The number of aromatic nitrogens is 3. The summed E-state index contributed by atoms with van der Waals surface area (Å²) in [5.41, 5.74) is 6.23. The number of nitrogen functional groups attached to an aromatic ring is 1. The van der Waals surface area contributed by atoms with Gasteiger partial charge in [0.15, 0.2) is 4.77 Å². The second-order valence-corrected chi connectivity index (χ2v) is 5.49. The summed E-state index contributed by atoms with van der Waals surface area (Å²) in [6.45, 7) is 8.91. The molecule has 2 rings (SSSR count). The molecule has 78 valence electrons. The first-order valence-electron chi connectivity index (χ1n) is 4.72. The van der Waals surface area contributed by atoms with Crippen LogP contribution in [0.1, 0.15) is 33.7 Å². The lowest BCUT2D eigenvalue weighted by Crippen LogP contribution is -2.05. The summed E-state index contributed by atoms with van der Waals surface area (Å²) in [5.74, 6) is 0.485. The number of aromatic amines is 1. The Morgan fingerprint density at radius 1 is 1.36 bits per heavy atom. The zero-order valence-corrected chi connectivity index (χ0v) is 9.77. The molecule has 0 radical (unpaired) electrons. The molecule has 0 aliphatic heterocycles. The molecule has 5 heteroatoms. The molecule has 1 fully saturated rings. The molecule has 1 aromatic rings. The number of hydrogen-bond acceptors (Lipinski definition) is 3. The van der Waals surface area contributed by atoms with Crippen molar-refractivity contribution in [3.63, 3.8) is 0 Å². The highest BCUT2D eigenvalue weighted by molar-refractivity contribution is 7.71. The van der Waals surface area contributed by atoms with E-state index in [1.165, 1.54) is 0 Å². The molecule has 0 atom stereocenters. The van der Waals surface area contributed by atoms with Crippen LogP contribution in [0, 0.1) is 15.6 Å². The van der Waals surface area contributed by atoms with Gasteiger partial charge in [0.2, 0.25) is 5.95 Å². The molecule has 1 saturated carbocycles. The molecule has 1 aliphatic rings. The second kappa shape index (κ2) is 2.39. The number of nitrogens with zero attached hydrogens (tertiary/aromatic N) is 2. The monoisotopic (exact) mass is 212 g/mol. The Labute approximate surface area is 88.5 Å². The first-order valence-corrected chi connectivity index (χ1v) is 5.13. The van der Waals surface area contributed by atoms with E-state index >= 15 is 0 Å². The predicted octanol–water partition coefficient (Wildman–Crippen LogP) is 2.13. The molecule has 3 N–H and O–H groups in total. The van der Waals surface area contributed by atoms with Gasteiger partial charge in [0.1, 0.15) is 0 Å². The van der Waals surface area contributed by atoms with E-state index in [0.717, 1.165) is 0 Å². The Balaban J connectivity index is 2.51. The summed E-state index contributed by atoms with van der Waals surface area (Å²) in [5, 5.41) is 6.66. The van der Waals surface area contributed by atoms with E-state index in [-0.39, 0.29) is 10.8 Å². The minimum Gasteiger partial charge on any atom is -0.368 e. The summed E-state index contributed by atoms with van der Waals surface area (Å²) in [4.78, 5) is 0. The van der Waals surface area contributed by atoms with Gasteiger partial charge in [-0.2, -0.15) is 0 Å². The molecule has 0 unspecified atom stereocenters. The van der Waals surface area contributed by atoms with E-state index in [1.807, 2.05) is 4.57 Å². The highest BCUT2D eigenvalue weighted by Crippen LogP contribution is 2.71. The molecular weight excluding hydrogens is 196 g/mol. The summed E-state index contributed by atoms with van der Waals surface area (Å²) in [6, 6.07) is 0.348. The maximum absolute atomic E-state index is 5.78. The Hall–Kier alpha value is -0.840. The molecule has 14 heavy (non-hydrogen) atoms. The number of anilines is 1. The van der Waals surface area contributed by atoms with Crippen molar-refractivity contribution in [3.05, 3.63) is 4.77 Å². The van der Waals surface area contributed by atoms with Crippen LogP contribution in [0.2, 0.25) is 0 Å². The first kappa shape index (κ1) is 9.71. The zero-order valence-electron chi connectivity index (χ0n) is 8.96. The topological polar surface area (TPSA) is 59.6 Å². The molecule has 1 heterocycles. The average molecular weight is 212 g/mol. The molecule has 0 spiro atoms. The van der Waals surface area contributed by atoms with Gasteiger partial charge in [-0.1, -0.05) is 27.7 Å². The van der Waals surface area contributed by atoms with Crippen LogP contribution in [0.4, 0.5) is 5.95 Å². The van der Waals surface area contributed by atoms with Gasteiger partial charge in [-0.25, -0.2) is 5.10 Å². The third-order valence-electron chi connectivity index (χ3n) is 3.93. The lowest BCUT2D eigenvalue weighted by molar-refractivity contribution is 0.457. The van der Waals surface area contributed by atoms with Crippen LogP contribution < -0.4 is 5.73 Å². The van der Waals surface area contributed by atoms with E-state index in [9.17, 15) is 0 Å². The fourth-order valence-corrected chi connectivity index (χ4v) is 2.62. The Morgan fingerprint density at radius 2 is 1.86 bits per heavy atom. The number of rotatable bonds is 1. The van der Waals surface area contributed by atoms with E-state index in [2.05, 4.69) is 37.9 Å². The van der Waals surface area contributed by atoms with E-state index in [4.69, 9.17) is 18.0 Å². The normalized spacial score (nSPS) is 23.7. The molecule has 0 bridgehead atoms. The minimum absolute atomic E-state index is 0.225. The van der Waals surface area contributed by atoms with Crippen LogP contribution in [0.5, 0.6) is 0 Å². The summed E-state index contributed by atoms with van der Waals surface area (Å²) in [7, 11) is 0. The third kappa shape index (κ3) is 0.932. The molecule has 0 saturated heterocycles. The van der Waals surface area contributed by atoms with Crippen molar-refractivity contribution in [1.29, 1.82) is 0 Å². The van der Waals surface area contributed by atoms with Gasteiger partial charge in [0, 0.05) is 0 Å². The van der Waals surface area contributed by atoms with Crippen LogP contribution in [0.25, 0.3) is 0 Å². The fraction of sp³-hybridized carbons (Fsp3) is 0.778. The molecule has 0 amide bonds. The summed E-state index contributed by atoms with van der Waals surface area (Å²) in [6.07, 6.45) is 0. The van der Waals surface area contributed by atoms with Crippen LogP contribution in [-0.2, 0) is 0 Å². The molecule has 0 aromatic carbocycles. The van der Waals surface area contributed by atoms with Gasteiger partial charge < -0.3 is 5.73 Å². The van der Waals surface area contributed by atoms with Gasteiger partial charge in [0.05, 0.1) is 6.04 Å². The molecule has 4 nitrogen and oxygen atoms in total. The number of nitrogens with two attached hydrogens (primary N) is 1. The average Bonchev–Trinajstić information content (AvgIpc) is 2.37. The molecule has 1 aromatic heterocycles. The highest BCUT2D eigenvalue weighted by Gasteiger charge is 2.66. The maximum Gasteiger partial charge on any atom is 0.220 e. The lowest BCUT2D eigenvalue weighted by atomic mass is 10.0. The van der Waals surface area contributed by atoms with Crippen molar-refractivity contribution < 1.29 is 0 Å². The van der Waals surface area contributed by atoms with Gasteiger partial charge in [0.25, 0.3) is 0 Å². The van der Waals surface area contributed by atoms with E-state index in [1.54, 1.807) is 0 Å². The van der Waals surface area contributed by atoms with Crippen LogP contribution in [0.3, 0.4) is 0 Å². The lowest BCUT2D eigenvalue weighted by Gasteiger charge is -2.04. The van der Waals surface area contributed by atoms with Crippen molar-refractivity contribution >= 4 is 18.2 Å². The van der Waals surface area contributed by atoms with Crippen molar-refractivity contribution in [1.82, 2.24) is 14.8 Å². The number of H-pyrrole nitrogens is 1. The van der Waals surface area contributed by atoms with E-state index < -0.39 is 0 Å². The third-order valence-corrected chi connectivity index (χ3v) is 4.22. The minimum atomic E-state index is 0.225. The molecular formula is C9H16N4S. The van der Waals surface area contributed by atoms with Crippen molar-refractivity contribution in [2.24, 2.45) is 10.8 Å². The highest BCUT2D eigenvalue weighted by atomic mass is 32.1. The van der Waals surface area contributed by atoms with Gasteiger partial charge in [-0.3, -0.25) is 4.57 Å². The number of nitrogens with one attached hydrogen (secondary N) is 1. The SMILES string of the molecule is CC1(C)C(n2c(N)n[nH]c2=S)C1(C)C. The fourth-order valence-electron chi connectivity index (χ4n) is 2.37. The van der Waals surface area contributed by atoms with Crippen molar-refractivity contribution in [3.8, 4) is 0 Å². The summed E-state index contributed by atoms with van der Waals surface area (Å²) < 4.78 is 2.54. The Bertz CT molecular complexity index is 412. The van der Waals surface area contributed by atoms with Crippen LogP contribution >= 0.6 is 12.2 Å². The van der Waals surface area contributed by atoms with Crippen molar-refractivity contribution in [2.45, 2.75) is 33.7 Å². The number of hydrogen-bond donors (Lipinski definition) is 2. The zero-order chi connectivity index (χ0) is 10.7. The smallest absolute Gasteiger partial charge is 0.220 e. The Kier molecular flexibility index (Phi) is 1.66. The summed E-state index contributed by atoms with van der Waals surface area (Å²) >= 11 is 5.16. The van der Waals surface area contributed by atoms with Gasteiger partial charge >= 0.3 is 0 Å².